The van der Waals surface area contributed by atoms with Crippen LogP contribution >= 0.6 is 0 Å². The van der Waals surface area contributed by atoms with Crippen LogP contribution in [0.5, 0.6) is 0 Å². The smallest absolute Gasteiger partial charge is 0.323 e. The Bertz CT molecular complexity index is 1060. The number of carboxylic acids is 1. The van der Waals surface area contributed by atoms with E-state index < -0.39 is 17.9 Å². The minimum atomic E-state index is -0.772. The van der Waals surface area contributed by atoms with Gasteiger partial charge in [0.1, 0.15) is 0 Å². The first-order valence-corrected chi connectivity index (χ1v) is 11.3. The van der Waals surface area contributed by atoms with Gasteiger partial charge in [-0.1, -0.05) is 74.5 Å². The largest absolute Gasteiger partial charge is 0.481 e. The van der Waals surface area contributed by atoms with Gasteiger partial charge >= 0.3 is 12.0 Å². The lowest BCUT2D eigenvalue weighted by atomic mass is 9.97. The summed E-state index contributed by atoms with van der Waals surface area (Å²) in [5.74, 6) is -0.558. The number of carbonyl (C=O) groups is 2. The lowest BCUT2D eigenvalue weighted by Gasteiger charge is -2.22. The molecule has 3 aromatic carbocycles. The highest BCUT2D eigenvalue weighted by molar-refractivity contribution is 6.00. The molecule has 3 aromatic rings. The predicted molar refractivity (Wildman–Crippen MR) is 133 cm³/mol. The minimum Gasteiger partial charge on any atom is -0.481 e. The molecule has 1 unspecified atom stereocenters. The molecule has 5 nitrogen and oxygen atoms in total. The maximum atomic E-state index is 11.8. The molecule has 1 atom stereocenters. The molecule has 0 spiro atoms. The lowest BCUT2D eigenvalue weighted by Crippen LogP contribution is -2.32. The summed E-state index contributed by atoms with van der Waals surface area (Å²) in [5, 5.41) is 8.85. The van der Waals surface area contributed by atoms with Gasteiger partial charge in [-0.15, -0.1) is 0 Å². The first-order valence-electron chi connectivity index (χ1n) is 11.3. The van der Waals surface area contributed by atoms with Crippen LogP contribution in [0.1, 0.15) is 48.9 Å². The fourth-order valence-corrected chi connectivity index (χ4v) is 4.07. The minimum absolute atomic E-state index is 0.418. The number of hydrogen-bond donors (Lipinski definition) is 2. The van der Waals surface area contributed by atoms with Gasteiger partial charge in [-0.2, -0.15) is 0 Å². The summed E-state index contributed by atoms with van der Waals surface area (Å²) >= 11 is 0. The number of anilines is 2. The second-order valence-corrected chi connectivity index (χ2v) is 8.83. The number of rotatable bonds is 4. The highest BCUT2D eigenvalue weighted by Gasteiger charge is 2.23. The van der Waals surface area contributed by atoms with Crippen molar-refractivity contribution in [2.75, 3.05) is 4.90 Å². The average Bonchev–Trinajstić information content (AvgIpc) is 2.96. The lowest BCUT2D eigenvalue weighted by molar-refractivity contribution is -0.138. The first-order chi connectivity index (χ1) is 15.8. The normalized spacial score (nSPS) is 13.2. The van der Waals surface area contributed by atoms with Gasteiger partial charge in [0, 0.05) is 0 Å². The van der Waals surface area contributed by atoms with Crippen molar-refractivity contribution in [3.8, 4) is 0 Å². The number of hydrogen-bond acceptors (Lipinski definition) is 2. The van der Waals surface area contributed by atoms with Gasteiger partial charge in [0.15, 0.2) is 0 Å². The predicted octanol–water partition coefficient (Wildman–Crippen LogP) is 6.08. The molecule has 1 aliphatic heterocycles. The van der Waals surface area contributed by atoms with Crippen LogP contribution in [0.25, 0.3) is 0 Å². The molecule has 33 heavy (non-hydrogen) atoms. The van der Waals surface area contributed by atoms with Gasteiger partial charge in [0.25, 0.3) is 0 Å². The molecular formula is C28H32N2O3. The van der Waals surface area contributed by atoms with Gasteiger partial charge in [0.2, 0.25) is 0 Å². The SMILES string of the molecule is CC(C)Cc1ccc(C(C)C(=O)O)cc1.NC(=O)N1c2ccccc2CCc2ccccc21. The summed E-state index contributed by atoms with van der Waals surface area (Å²) < 4.78 is 0. The number of carbonyl (C=O) groups excluding carboxylic acids is 1. The molecule has 5 heteroatoms. The number of fused-ring (bicyclic) bond motifs is 2. The zero-order valence-electron chi connectivity index (χ0n) is 19.5. The van der Waals surface area contributed by atoms with E-state index in [9.17, 15) is 9.59 Å². The van der Waals surface area contributed by atoms with Crippen molar-refractivity contribution in [3.05, 3.63) is 95.1 Å². The van der Waals surface area contributed by atoms with Gasteiger partial charge in [-0.25, -0.2) is 4.79 Å². The van der Waals surface area contributed by atoms with Crippen LogP contribution in [-0.4, -0.2) is 17.1 Å². The number of carboxylic acid groups (broad SMARTS) is 1. The van der Waals surface area contributed by atoms with Gasteiger partial charge in [-0.3, -0.25) is 9.69 Å². The Morgan fingerprint density at radius 2 is 1.33 bits per heavy atom. The van der Waals surface area contributed by atoms with Gasteiger partial charge in [-0.05, 0) is 66.5 Å². The van der Waals surface area contributed by atoms with E-state index in [1.165, 1.54) is 5.56 Å². The Balaban J connectivity index is 0.000000190. The van der Waals surface area contributed by atoms with Crippen LogP contribution in [0.4, 0.5) is 16.2 Å². The number of nitrogens with two attached hydrogens (primary N) is 1. The molecular weight excluding hydrogens is 412 g/mol. The van der Waals surface area contributed by atoms with Crippen molar-refractivity contribution in [2.24, 2.45) is 11.7 Å². The van der Waals surface area contributed by atoms with E-state index in [1.54, 1.807) is 11.8 Å². The molecule has 2 amide bonds. The quantitative estimate of drug-likeness (QED) is 0.512. The van der Waals surface area contributed by atoms with Crippen molar-refractivity contribution < 1.29 is 14.7 Å². The van der Waals surface area contributed by atoms with Crippen LogP contribution in [-0.2, 0) is 24.1 Å². The Morgan fingerprint density at radius 3 is 1.76 bits per heavy atom. The number of aryl methyl sites for hydroxylation is 2. The maximum absolute atomic E-state index is 11.8. The Morgan fingerprint density at radius 1 is 0.848 bits per heavy atom. The summed E-state index contributed by atoms with van der Waals surface area (Å²) in [6, 6.07) is 23.3. The van der Waals surface area contributed by atoms with Crippen molar-refractivity contribution >= 4 is 23.4 Å². The van der Waals surface area contributed by atoms with Crippen LogP contribution in [0.3, 0.4) is 0 Å². The number of amides is 2. The summed E-state index contributed by atoms with van der Waals surface area (Å²) in [6.45, 7) is 6.06. The second kappa shape index (κ2) is 10.8. The van der Waals surface area contributed by atoms with E-state index in [-0.39, 0.29) is 0 Å². The molecule has 0 radical (unpaired) electrons. The monoisotopic (exact) mass is 444 g/mol. The summed E-state index contributed by atoms with van der Waals surface area (Å²) in [5.41, 5.74) is 11.8. The van der Waals surface area contributed by atoms with E-state index >= 15 is 0 Å². The van der Waals surface area contributed by atoms with Crippen molar-refractivity contribution in [1.82, 2.24) is 0 Å². The van der Waals surface area contributed by atoms with Crippen molar-refractivity contribution in [3.63, 3.8) is 0 Å². The third-order valence-corrected chi connectivity index (χ3v) is 5.84. The molecule has 3 N–H and O–H groups in total. The molecule has 1 aliphatic rings. The number of para-hydroxylation sites is 2. The maximum Gasteiger partial charge on any atom is 0.323 e. The van der Waals surface area contributed by atoms with E-state index in [0.29, 0.717) is 5.92 Å². The third kappa shape index (κ3) is 6.01. The Kier molecular flexibility index (Phi) is 7.88. The molecule has 0 bridgehead atoms. The van der Waals surface area contributed by atoms with E-state index in [0.717, 1.165) is 47.3 Å². The first kappa shape index (κ1) is 24.1. The average molecular weight is 445 g/mol. The zero-order valence-corrected chi connectivity index (χ0v) is 19.5. The topological polar surface area (TPSA) is 83.6 Å². The molecule has 0 fully saturated rings. The number of primary amides is 1. The fraction of sp³-hybridized carbons (Fsp3) is 0.286. The standard InChI is InChI=1S/C15H14N2O.C13H18O2/c16-15(18)17-13-7-3-1-5-11(13)9-10-12-6-2-4-8-14(12)17;1-9(2)8-11-4-6-12(7-5-11)10(3)13(14)15/h1-8H,9-10H2,(H2,16,18);4-7,9-10H,8H2,1-3H3,(H,14,15). The zero-order chi connectivity index (χ0) is 24.0. The highest BCUT2D eigenvalue weighted by Crippen LogP contribution is 2.35. The molecule has 0 aliphatic carbocycles. The number of nitrogens with zero attached hydrogens (tertiary/aromatic N) is 1. The Hall–Kier alpha value is -3.60. The number of benzene rings is 3. The number of urea groups is 1. The fourth-order valence-electron chi connectivity index (χ4n) is 4.07. The van der Waals surface area contributed by atoms with Gasteiger partial charge < -0.3 is 10.8 Å². The van der Waals surface area contributed by atoms with E-state index in [1.807, 2.05) is 60.7 Å². The summed E-state index contributed by atoms with van der Waals surface area (Å²) in [4.78, 5) is 24.2. The molecule has 172 valence electrons. The van der Waals surface area contributed by atoms with E-state index in [2.05, 4.69) is 26.0 Å². The Labute approximate surface area is 195 Å². The second-order valence-electron chi connectivity index (χ2n) is 8.83. The molecule has 0 aromatic heterocycles. The van der Waals surface area contributed by atoms with Crippen molar-refractivity contribution in [2.45, 2.75) is 46.0 Å². The molecule has 0 saturated heterocycles. The third-order valence-electron chi connectivity index (χ3n) is 5.84. The van der Waals surface area contributed by atoms with Crippen LogP contribution < -0.4 is 10.6 Å². The van der Waals surface area contributed by atoms with Crippen molar-refractivity contribution in [1.29, 1.82) is 0 Å². The van der Waals surface area contributed by atoms with Crippen LogP contribution in [0.15, 0.2) is 72.8 Å². The molecule has 4 rings (SSSR count). The number of aliphatic carboxylic acids is 1. The summed E-state index contributed by atoms with van der Waals surface area (Å²) in [6.07, 6.45) is 2.90. The highest BCUT2D eigenvalue weighted by atomic mass is 16.4. The molecule has 0 saturated carbocycles. The summed E-state index contributed by atoms with van der Waals surface area (Å²) in [7, 11) is 0. The van der Waals surface area contributed by atoms with Crippen LogP contribution in [0.2, 0.25) is 0 Å². The van der Waals surface area contributed by atoms with E-state index in [4.69, 9.17) is 10.8 Å². The molecule has 1 heterocycles. The van der Waals surface area contributed by atoms with Crippen LogP contribution in [0, 0.1) is 5.92 Å². The van der Waals surface area contributed by atoms with Gasteiger partial charge in [0.05, 0.1) is 17.3 Å².